The van der Waals surface area contributed by atoms with Crippen molar-refractivity contribution in [2.45, 2.75) is 25.9 Å². The number of aryl methyl sites for hydroxylation is 1. The molecule has 0 radical (unpaired) electrons. The Labute approximate surface area is 159 Å². The summed E-state index contributed by atoms with van der Waals surface area (Å²) in [6, 6.07) is 7.69. The monoisotopic (exact) mass is 389 g/mol. The first-order chi connectivity index (χ1) is 13.0. The highest BCUT2D eigenvalue weighted by atomic mass is 32.2. The highest BCUT2D eigenvalue weighted by molar-refractivity contribution is 7.92. The quantitative estimate of drug-likeness (QED) is 0.755. The molecule has 1 fully saturated rings. The van der Waals surface area contributed by atoms with E-state index in [9.17, 15) is 8.42 Å². The molecule has 0 spiro atoms. The van der Waals surface area contributed by atoms with Gasteiger partial charge in [0.05, 0.1) is 26.0 Å². The van der Waals surface area contributed by atoms with Crippen LogP contribution in [0.3, 0.4) is 0 Å². The smallest absolute Gasteiger partial charge is 0.236 e. The van der Waals surface area contributed by atoms with Crippen molar-refractivity contribution in [3.8, 4) is 11.8 Å². The molecule has 8 heteroatoms. The Morgan fingerprint density at radius 1 is 1.19 bits per heavy atom. The number of piperidine rings is 1. The average molecular weight is 389 g/mol. The van der Waals surface area contributed by atoms with Crippen molar-refractivity contribution < 1.29 is 17.9 Å². The van der Waals surface area contributed by atoms with Crippen LogP contribution in [-0.4, -0.2) is 49.0 Å². The lowest BCUT2D eigenvalue weighted by atomic mass is 10.1. The third kappa shape index (κ3) is 5.27. The number of benzene rings is 1. The van der Waals surface area contributed by atoms with Gasteiger partial charge in [-0.25, -0.2) is 8.42 Å². The Hall–Kier alpha value is -2.45. The number of aromatic nitrogens is 2. The molecule has 1 aliphatic rings. The molecule has 144 valence electrons. The second-order valence-electron chi connectivity index (χ2n) is 6.40. The fraction of sp³-hybridized carbons (Fsp3) is 0.368. The third-order valence-electron chi connectivity index (χ3n) is 4.30. The van der Waals surface area contributed by atoms with Crippen LogP contribution in [0, 0.1) is 6.92 Å². The van der Waals surface area contributed by atoms with E-state index in [1.165, 1.54) is 29.2 Å². The minimum atomic E-state index is -3.52. The van der Waals surface area contributed by atoms with E-state index >= 15 is 0 Å². The summed E-state index contributed by atoms with van der Waals surface area (Å²) in [6.07, 6.45) is 5.80. The van der Waals surface area contributed by atoms with E-state index < -0.39 is 10.0 Å². The van der Waals surface area contributed by atoms with Crippen molar-refractivity contribution in [3.63, 3.8) is 0 Å². The van der Waals surface area contributed by atoms with Crippen LogP contribution in [0.2, 0.25) is 0 Å². The number of methoxy groups -OCH3 is 1. The summed E-state index contributed by atoms with van der Waals surface area (Å²) >= 11 is 0. The van der Waals surface area contributed by atoms with Crippen LogP contribution in [0.15, 0.2) is 42.1 Å². The molecule has 2 heterocycles. The summed E-state index contributed by atoms with van der Waals surface area (Å²) in [5, 5.41) is 1.26. The maximum atomic E-state index is 12.7. The van der Waals surface area contributed by atoms with Gasteiger partial charge in [0, 0.05) is 12.0 Å². The lowest BCUT2D eigenvalue weighted by molar-refractivity contribution is 0.124. The van der Waals surface area contributed by atoms with Crippen LogP contribution in [0.5, 0.6) is 11.8 Å². The van der Waals surface area contributed by atoms with E-state index in [1.54, 1.807) is 6.08 Å². The standard InChI is InChI=1S/C19H23N3O4S/c1-15-5-7-16(8-6-15)9-11-27(23,24)22-10-3-4-17(14-22)26-19-13-20-12-18(21-19)25-2/h5-9,11-13,17H,3-4,10,14H2,1-2H3/b11-9+. The van der Waals surface area contributed by atoms with Gasteiger partial charge in [-0.3, -0.25) is 4.98 Å². The fourth-order valence-corrected chi connectivity index (χ4v) is 4.08. The van der Waals surface area contributed by atoms with Crippen LogP contribution >= 0.6 is 0 Å². The lowest BCUT2D eigenvalue weighted by Gasteiger charge is -2.30. The number of hydrogen-bond donors (Lipinski definition) is 0. The Bertz CT molecular complexity index is 897. The first kappa shape index (κ1) is 19.3. The Morgan fingerprint density at radius 2 is 1.93 bits per heavy atom. The molecule has 3 rings (SSSR count). The third-order valence-corrected chi connectivity index (χ3v) is 5.83. The Morgan fingerprint density at radius 3 is 2.67 bits per heavy atom. The normalized spacial score (nSPS) is 18.5. The minimum absolute atomic E-state index is 0.275. The molecule has 1 saturated heterocycles. The van der Waals surface area contributed by atoms with Crippen molar-refractivity contribution in [2.24, 2.45) is 0 Å². The highest BCUT2D eigenvalue weighted by Gasteiger charge is 2.28. The molecule has 1 atom stereocenters. The van der Waals surface area contributed by atoms with Crippen molar-refractivity contribution in [3.05, 3.63) is 53.2 Å². The van der Waals surface area contributed by atoms with Crippen LogP contribution < -0.4 is 9.47 Å². The van der Waals surface area contributed by atoms with Gasteiger partial charge in [0.25, 0.3) is 0 Å². The summed E-state index contributed by atoms with van der Waals surface area (Å²) in [5.74, 6) is 0.683. The zero-order valence-electron chi connectivity index (χ0n) is 15.4. The number of hydrogen-bond acceptors (Lipinski definition) is 6. The molecule has 0 bridgehead atoms. The van der Waals surface area contributed by atoms with Crippen molar-refractivity contribution in [1.82, 2.24) is 14.3 Å². The van der Waals surface area contributed by atoms with Crippen LogP contribution in [0.4, 0.5) is 0 Å². The summed E-state index contributed by atoms with van der Waals surface area (Å²) in [5.41, 5.74) is 1.98. The van der Waals surface area contributed by atoms with E-state index in [0.717, 1.165) is 24.0 Å². The molecule has 1 aromatic heterocycles. The maximum absolute atomic E-state index is 12.7. The first-order valence-electron chi connectivity index (χ1n) is 8.74. The molecule has 1 aromatic carbocycles. The fourth-order valence-electron chi connectivity index (χ4n) is 2.82. The van der Waals surface area contributed by atoms with Gasteiger partial charge in [0.1, 0.15) is 6.10 Å². The number of sulfonamides is 1. The first-order valence-corrected chi connectivity index (χ1v) is 10.2. The maximum Gasteiger partial charge on any atom is 0.236 e. The van der Waals surface area contributed by atoms with E-state index in [1.807, 2.05) is 31.2 Å². The molecule has 1 aliphatic heterocycles. The van der Waals surface area contributed by atoms with Gasteiger partial charge < -0.3 is 9.47 Å². The second kappa shape index (κ2) is 8.49. The molecule has 7 nitrogen and oxygen atoms in total. The molecule has 2 aromatic rings. The molecular formula is C19H23N3O4S. The van der Waals surface area contributed by atoms with Gasteiger partial charge in [0.15, 0.2) is 0 Å². The summed E-state index contributed by atoms with van der Waals surface area (Å²) < 4.78 is 37.6. The Balaban J connectivity index is 1.66. The molecular weight excluding hydrogens is 366 g/mol. The predicted octanol–water partition coefficient (Wildman–Crippen LogP) is 2.64. The largest absolute Gasteiger partial charge is 0.480 e. The molecule has 0 amide bonds. The Kier molecular flexibility index (Phi) is 6.08. The van der Waals surface area contributed by atoms with Gasteiger partial charge in [-0.15, -0.1) is 0 Å². The molecule has 0 aliphatic carbocycles. The second-order valence-corrected chi connectivity index (χ2v) is 8.22. The van der Waals surface area contributed by atoms with Crippen LogP contribution in [0.25, 0.3) is 6.08 Å². The molecule has 0 saturated carbocycles. The van der Waals surface area contributed by atoms with Crippen molar-refractivity contribution >= 4 is 16.1 Å². The van der Waals surface area contributed by atoms with E-state index in [-0.39, 0.29) is 12.6 Å². The van der Waals surface area contributed by atoms with E-state index in [4.69, 9.17) is 9.47 Å². The van der Waals surface area contributed by atoms with Gasteiger partial charge in [-0.1, -0.05) is 29.8 Å². The van der Waals surface area contributed by atoms with Gasteiger partial charge in [0.2, 0.25) is 21.8 Å². The van der Waals surface area contributed by atoms with Crippen molar-refractivity contribution in [1.29, 1.82) is 0 Å². The molecule has 1 unspecified atom stereocenters. The summed E-state index contributed by atoms with van der Waals surface area (Å²) in [4.78, 5) is 8.17. The van der Waals surface area contributed by atoms with Crippen molar-refractivity contribution in [2.75, 3.05) is 20.2 Å². The summed E-state index contributed by atoms with van der Waals surface area (Å²) in [7, 11) is -2.01. The average Bonchev–Trinajstić information content (AvgIpc) is 2.68. The molecule has 27 heavy (non-hydrogen) atoms. The topological polar surface area (TPSA) is 81.6 Å². The van der Waals surface area contributed by atoms with E-state index in [2.05, 4.69) is 9.97 Å². The SMILES string of the molecule is COc1cncc(OC2CCCN(S(=O)(=O)/C=C/c3ccc(C)cc3)C2)n1. The number of rotatable bonds is 6. The predicted molar refractivity (Wildman–Crippen MR) is 103 cm³/mol. The zero-order chi connectivity index (χ0) is 19.3. The van der Waals surface area contributed by atoms with Gasteiger partial charge in [-0.2, -0.15) is 9.29 Å². The summed E-state index contributed by atoms with van der Waals surface area (Å²) in [6.45, 7) is 2.74. The molecule has 0 N–H and O–H groups in total. The lowest BCUT2D eigenvalue weighted by Crippen LogP contribution is -2.43. The highest BCUT2D eigenvalue weighted by Crippen LogP contribution is 2.21. The minimum Gasteiger partial charge on any atom is -0.480 e. The number of ether oxygens (including phenoxy) is 2. The zero-order valence-corrected chi connectivity index (χ0v) is 16.2. The van der Waals surface area contributed by atoms with Crippen LogP contribution in [-0.2, 0) is 10.0 Å². The number of nitrogens with zero attached hydrogens (tertiary/aromatic N) is 3. The van der Waals surface area contributed by atoms with Crippen LogP contribution in [0.1, 0.15) is 24.0 Å². The van der Waals surface area contributed by atoms with Gasteiger partial charge >= 0.3 is 0 Å². The van der Waals surface area contributed by atoms with Gasteiger partial charge in [-0.05, 0) is 31.4 Å². The van der Waals surface area contributed by atoms with E-state index in [0.29, 0.717) is 18.3 Å².